The molecule has 0 spiro atoms. The summed E-state index contributed by atoms with van der Waals surface area (Å²) in [6.45, 7) is 0. The number of rotatable bonds is 3. The zero-order chi connectivity index (χ0) is 9.84. The molecule has 5 nitrogen and oxygen atoms in total. The Morgan fingerprint density at radius 1 is 1.77 bits per heavy atom. The second kappa shape index (κ2) is 4.33. The van der Waals surface area contributed by atoms with Gasteiger partial charge in [-0.05, 0) is 0 Å². The number of hydrogen-bond acceptors (Lipinski definition) is 4. The number of aldehydes is 1. The van der Waals surface area contributed by atoms with E-state index in [1.165, 1.54) is 11.3 Å². The van der Waals surface area contributed by atoms with Crippen molar-refractivity contribution in [2.24, 2.45) is 16.5 Å². The van der Waals surface area contributed by atoms with Crippen LogP contribution < -0.4 is 11.5 Å². The Morgan fingerprint density at radius 2 is 2.46 bits per heavy atom. The van der Waals surface area contributed by atoms with Crippen LogP contribution in [0.15, 0.2) is 10.4 Å². The third kappa shape index (κ3) is 2.78. The molecule has 1 heterocycles. The van der Waals surface area contributed by atoms with Gasteiger partial charge in [0, 0.05) is 5.38 Å². The number of hydrogen-bond donors (Lipinski definition) is 2. The van der Waals surface area contributed by atoms with E-state index >= 15 is 0 Å². The van der Waals surface area contributed by atoms with Crippen LogP contribution in [-0.4, -0.2) is 17.2 Å². The molecule has 1 rings (SSSR count). The Bertz CT molecular complexity index is 333. The molecule has 0 saturated heterocycles. The molecule has 0 amide bonds. The van der Waals surface area contributed by atoms with Gasteiger partial charge >= 0.3 is 0 Å². The van der Waals surface area contributed by atoms with Gasteiger partial charge in [0.05, 0.1) is 5.69 Å². The van der Waals surface area contributed by atoms with E-state index < -0.39 is 4.83 Å². The number of nitrogens with zero attached hydrogens (tertiary/aromatic N) is 2. The fourth-order valence-corrected chi connectivity index (χ4v) is 1.79. The Hall–Kier alpha value is -0.950. The normalized spacial score (nSPS) is 12.1. The number of guanidine groups is 1. The number of nitrogens with two attached hydrogens (primary N) is 2. The van der Waals surface area contributed by atoms with E-state index in [0.29, 0.717) is 10.8 Å². The number of aromatic nitrogens is 1. The van der Waals surface area contributed by atoms with E-state index in [1.54, 1.807) is 5.38 Å². The summed E-state index contributed by atoms with van der Waals surface area (Å²) in [7, 11) is 0. The summed E-state index contributed by atoms with van der Waals surface area (Å²) in [5.74, 6) is -0.0434. The molecule has 1 aromatic rings. The van der Waals surface area contributed by atoms with Gasteiger partial charge in [0.1, 0.15) is 11.1 Å². The summed E-state index contributed by atoms with van der Waals surface area (Å²) in [5, 5.41) is 2.16. The third-order valence-electron chi connectivity index (χ3n) is 1.14. The molecule has 0 radical (unpaired) electrons. The van der Waals surface area contributed by atoms with Crippen LogP contribution in [-0.2, 0) is 4.79 Å². The second-order valence-corrected chi connectivity index (χ2v) is 3.95. The molecule has 0 aliphatic rings. The summed E-state index contributed by atoms with van der Waals surface area (Å²) >= 11 is 4.40. The molecular formula is C6H7BrN4OS. The Balaban J connectivity index is 2.86. The van der Waals surface area contributed by atoms with Gasteiger partial charge in [-0.1, -0.05) is 15.9 Å². The van der Waals surface area contributed by atoms with Crippen molar-refractivity contribution in [1.29, 1.82) is 0 Å². The van der Waals surface area contributed by atoms with Gasteiger partial charge in [-0.2, -0.15) is 4.99 Å². The van der Waals surface area contributed by atoms with Crippen LogP contribution in [0, 0.1) is 0 Å². The zero-order valence-electron chi connectivity index (χ0n) is 6.48. The minimum atomic E-state index is -0.397. The van der Waals surface area contributed by atoms with Crippen LogP contribution >= 0.6 is 27.3 Å². The third-order valence-corrected chi connectivity index (χ3v) is 2.57. The summed E-state index contributed by atoms with van der Waals surface area (Å²) in [4.78, 5) is 17.7. The van der Waals surface area contributed by atoms with Crippen LogP contribution in [0.3, 0.4) is 0 Å². The molecule has 0 aromatic carbocycles. The first-order chi connectivity index (χ1) is 6.13. The fourth-order valence-electron chi connectivity index (χ4n) is 0.634. The summed E-state index contributed by atoms with van der Waals surface area (Å²) in [6.07, 6.45) is 0.744. The van der Waals surface area contributed by atoms with E-state index in [0.717, 1.165) is 6.29 Å². The predicted octanol–water partition coefficient (Wildman–Crippen LogP) is 0.683. The molecular weight excluding hydrogens is 256 g/mol. The van der Waals surface area contributed by atoms with Gasteiger partial charge in [-0.3, -0.25) is 0 Å². The first-order valence-corrected chi connectivity index (χ1v) is 5.07. The molecule has 1 unspecified atom stereocenters. The van der Waals surface area contributed by atoms with Crippen molar-refractivity contribution in [3.8, 4) is 0 Å². The standard InChI is InChI=1S/C6H7BrN4OS/c7-3(1-12)4-2-13-6(10-4)11-5(8)9/h1-3H,(H4,8,9,10,11). The highest BCUT2D eigenvalue weighted by atomic mass is 79.9. The Labute approximate surface area is 87.0 Å². The van der Waals surface area contributed by atoms with Crippen LogP contribution in [0.25, 0.3) is 0 Å². The first kappa shape index (κ1) is 10.1. The molecule has 70 valence electrons. The van der Waals surface area contributed by atoms with Crippen molar-refractivity contribution in [2.45, 2.75) is 4.83 Å². The maximum absolute atomic E-state index is 10.4. The molecule has 1 atom stereocenters. The number of carbonyl (C=O) groups is 1. The smallest absolute Gasteiger partial charge is 0.212 e. The lowest BCUT2D eigenvalue weighted by atomic mass is 10.4. The maximum Gasteiger partial charge on any atom is 0.212 e. The number of carbonyl (C=O) groups excluding carboxylic acids is 1. The van der Waals surface area contributed by atoms with E-state index in [2.05, 4.69) is 25.9 Å². The van der Waals surface area contributed by atoms with E-state index in [-0.39, 0.29) is 5.96 Å². The average Bonchev–Trinajstić information content (AvgIpc) is 2.50. The Morgan fingerprint density at radius 3 is 3.00 bits per heavy atom. The van der Waals surface area contributed by atoms with Crippen molar-refractivity contribution in [1.82, 2.24) is 4.98 Å². The van der Waals surface area contributed by atoms with Gasteiger partial charge in [-0.25, -0.2) is 4.98 Å². The van der Waals surface area contributed by atoms with Crippen molar-refractivity contribution in [2.75, 3.05) is 0 Å². The number of aliphatic imine (C=N–C) groups is 1. The predicted molar refractivity (Wildman–Crippen MR) is 55.3 cm³/mol. The number of halogens is 1. The quantitative estimate of drug-likeness (QED) is 0.363. The van der Waals surface area contributed by atoms with Crippen LogP contribution in [0.5, 0.6) is 0 Å². The van der Waals surface area contributed by atoms with E-state index in [1.807, 2.05) is 0 Å². The van der Waals surface area contributed by atoms with Crippen LogP contribution in [0.2, 0.25) is 0 Å². The molecule has 0 aliphatic heterocycles. The highest BCUT2D eigenvalue weighted by molar-refractivity contribution is 9.09. The minimum Gasteiger partial charge on any atom is -0.370 e. The second-order valence-electron chi connectivity index (χ2n) is 2.13. The van der Waals surface area contributed by atoms with Crippen LogP contribution in [0.4, 0.5) is 5.13 Å². The highest BCUT2D eigenvalue weighted by Gasteiger charge is 2.09. The number of thiazole rings is 1. The SMILES string of the molecule is NC(N)=Nc1nc(C(Br)C=O)cs1. The monoisotopic (exact) mass is 262 g/mol. The lowest BCUT2D eigenvalue weighted by Gasteiger charge is -1.92. The lowest BCUT2D eigenvalue weighted by molar-refractivity contribution is -0.107. The number of alkyl halides is 1. The van der Waals surface area contributed by atoms with Gasteiger partial charge in [-0.15, -0.1) is 11.3 Å². The van der Waals surface area contributed by atoms with Gasteiger partial charge < -0.3 is 16.3 Å². The largest absolute Gasteiger partial charge is 0.370 e. The van der Waals surface area contributed by atoms with Crippen molar-refractivity contribution in [3.63, 3.8) is 0 Å². The molecule has 7 heteroatoms. The Kier molecular flexibility index (Phi) is 3.38. The fraction of sp³-hybridized carbons (Fsp3) is 0.167. The zero-order valence-corrected chi connectivity index (χ0v) is 8.88. The first-order valence-electron chi connectivity index (χ1n) is 3.28. The van der Waals surface area contributed by atoms with Crippen molar-refractivity contribution in [3.05, 3.63) is 11.1 Å². The maximum atomic E-state index is 10.4. The van der Waals surface area contributed by atoms with E-state index in [4.69, 9.17) is 11.5 Å². The summed E-state index contributed by atoms with van der Waals surface area (Å²) < 4.78 is 0. The molecule has 4 N–H and O–H groups in total. The molecule has 1 aromatic heterocycles. The van der Waals surface area contributed by atoms with E-state index in [9.17, 15) is 4.79 Å². The van der Waals surface area contributed by atoms with Gasteiger partial charge in [0.2, 0.25) is 5.13 Å². The van der Waals surface area contributed by atoms with Gasteiger partial charge in [0.25, 0.3) is 0 Å². The topological polar surface area (TPSA) is 94.4 Å². The molecule has 0 fully saturated rings. The molecule has 0 aliphatic carbocycles. The molecule has 0 saturated carbocycles. The minimum absolute atomic E-state index is 0.0434. The van der Waals surface area contributed by atoms with Crippen LogP contribution in [0.1, 0.15) is 10.5 Å². The summed E-state index contributed by atoms with van der Waals surface area (Å²) in [5.41, 5.74) is 10.9. The lowest BCUT2D eigenvalue weighted by Crippen LogP contribution is -2.21. The average molecular weight is 263 g/mol. The van der Waals surface area contributed by atoms with Gasteiger partial charge in [0.15, 0.2) is 5.96 Å². The van der Waals surface area contributed by atoms with Crippen molar-refractivity contribution < 1.29 is 4.79 Å². The molecule has 13 heavy (non-hydrogen) atoms. The van der Waals surface area contributed by atoms with Crippen molar-refractivity contribution >= 4 is 44.6 Å². The highest BCUT2D eigenvalue weighted by Crippen LogP contribution is 2.26. The molecule has 0 bridgehead atoms. The summed E-state index contributed by atoms with van der Waals surface area (Å²) in [6, 6.07) is 0.